The number of nitrogens with zero attached hydrogens (tertiary/aromatic N) is 2. The minimum absolute atomic E-state index is 0.200. The van der Waals surface area contributed by atoms with Gasteiger partial charge in [0.25, 0.3) is 0 Å². The van der Waals surface area contributed by atoms with E-state index in [2.05, 4.69) is 4.90 Å². The number of benzene rings is 1. The van der Waals surface area contributed by atoms with Crippen LogP contribution in [0.2, 0.25) is 5.02 Å². The van der Waals surface area contributed by atoms with Gasteiger partial charge >= 0.3 is 0 Å². The Morgan fingerprint density at radius 1 is 1.05 bits per heavy atom. The van der Waals surface area contributed by atoms with E-state index in [0.717, 1.165) is 12.1 Å². The van der Waals surface area contributed by atoms with Gasteiger partial charge in [0.2, 0.25) is 10.0 Å². The summed E-state index contributed by atoms with van der Waals surface area (Å²) >= 11 is 5.88. The molecule has 0 saturated carbocycles. The highest BCUT2D eigenvalue weighted by Gasteiger charge is 2.26. The molecule has 1 aliphatic heterocycles. The van der Waals surface area contributed by atoms with Crippen LogP contribution in [0.25, 0.3) is 0 Å². The second-order valence-corrected chi connectivity index (χ2v) is 7.70. The van der Waals surface area contributed by atoms with E-state index in [0.29, 0.717) is 44.2 Å². The molecule has 118 valence electrons. The van der Waals surface area contributed by atoms with Crippen molar-refractivity contribution in [3.63, 3.8) is 0 Å². The highest BCUT2D eigenvalue weighted by atomic mass is 35.5. The van der Waals surface area contributed by atoms with Crippen LogP contribution in [0.5, 0.6) is 0 Å². The maximum absolute atomic E-state index is 12.2. The lowest BCUT2D eigenvalue weighted by Crippen LogP contribution is -2.49. The second kappa shape index (κ2) is 7.45. The van der Waals surface area contributed by atoms with Gasteiger partial charge in [-0.15, -0.1) is 0 Å². The summed E-state index contributed by atoms with van der Waals surface area (Å²) < 4.78 is 26.0. The molecule has 0 spiro atoms. The molecule has 1 aromatic carbocycles. The minimum atomic E-state index is -3.14. The fraction of sp³-hybridized carbons (Fsp3) is 0.571. The molecule has 0 unspecified atom stereocenters. The third-order valence-electron chi connectivity index (χ3n) is 3.68. The Kier molecular flexibility index (Phi) is 5.87. The maximum Gasteiger partial charge on any atom is 0.214 e. The van der Waals surface area contributed by atoms with E-state index in [1.807, 2.05) is 24.3 Å². The second-order valence-electron chi connectivity index (χ2n) is 5.17. The zero-order valence-electron chi connectivity index (χ0n) is 12.0. The first kappa shape index (κ1) is 16.5. The number of rotatable bonds is 6. The van der Waals surface area contributed by atoms with Crippen molar-refractivity contribution in [1.82, 2.24) is 4.31 Å². The van der Waals surface area contributed by atoms with Gasteiger partial charge in [0.1, 0.15) is 0 Å². The van der Waals surface area contributed by atoms with Gasteiger partial charge in [-0.2, -0.15) is 4.31 Å². The topological polar surface area (TPSA) is 66.6 Å². The molecule has 0 amide bonds. The smallest absolute Gasteiger partial charge is 0.214 e. The molecule has 0 aromatic heterocycles. The van der Waals surface area contributed by atoms with Gasteiger partial charge in [-0.3, -0.25) is 0 Å². The molecule has 0 radical (unpaired) electrons. The zero-order chi connectivity index (χ0) is 15.3. The van der Waals surface area contributed by atoms with Gasteiger partial charge in [0.05, 0.1) is 5.75 Å². The molecule has 1 heterocycles. The van der Waals surface area contributed by atoms with E-state index in [-0.39, 0.29) is 5.75 Å². The van der Waals surface area contributed by atoms with Gasteiger partial charge in [0.15, 0.2) is 0 Å². The van der Waals surface area contributed by atoms with Crippen molar-refractivity contribution in [3.8, 4) is 0 Å². The lowest BCUT2D eigenvalue weighted by molar-refractivity contribution is 0.384. The van der Waals surface area contributed by atoms with E-state index < -0.39 is 10.0 Å². The standard InChI is InChI=1S/C14H22ClN3O2S/c15-13-3-5-14(6-4-13)17-8-10-18(11-9-17)21(19,20)12-2-1-7-16/h3-6H,1-2,7-12,16H2. The van der Waals surface area contributed by atoms with Crippen molar-refractivity contribution in [2.75, 3.05) is 43.4 Å². The highest BCUT2D eigenvalue weighted by Crippen LogP contribution is 2.20. The molecular weight excluding hydrogens is 310 g/mol. The average molecular weight is 332 g/mol. The van der Waals surface area contributed by atoms with Gasteiger partial charge < -0.3 is 10.6 Å². The first-order valence-corrected chi connectivity index (χ1v) is 9.20. The maximum atomic E-state index is 12.2. The van der Waals surface area contributed by atoms with E-state index >= 15 is 0 Å². The van der Waals surface area contributed by atoms with Crippen LogP contribution >= 0.6 is 11.6 Å². The van der Waals surface area contributed by atoms with Crippen molar-refractivity contribution < 1.29 is 8.42 Å². The molecule has 21 heavy (non-hydrogen) atoms. The Balaban J connectivity index is 1.89. The molecule has 7 heteroatoms. The molecule has 0 atom stereocenters. The number of anilines is 1. The zero-order valence-corrected chi connectivity index (χ0v) is 13.6. The number of hydrogen-bond acceptors (Lipinski definition) is 4. The first-order chi connectivity index (χ1) is 10.0. The van der Waals surface area contributed by atoms with Crippen LogP contribution in [0.3, 0.4) is 0 Å². The summed E-state index contributed by atoms with van der Waals surface area (Å²) in [6, 6.07) is 7.64. The van der Waals surface area contributed by atoms with Crippen LogP contribution in [0.1, 0.15) is 12.8 Å². The molecule has 0 bridgehead atoms. The number of piperazine rings is 1. The van der Waals surface area contributed by atoms with Crippen molar-refractivity contribution in [3.05, 3.63) is 29.3 Å². The molecule has 1 aliphatic rings. The Morgan fingerprint density at radius 2 is 1.67 bits per heavy atom. The lowest BCUT2D eigenvalue weighted by atomic mass is 10.2. The fourth-order valence-corrected chi connectivity index (χ4v) is 4.11. The summed E-state index contributed by atoms with van der Waals surface area (Å²) in [5.74, 6) is 0.200. The van der Waals surface area contributed by atoms with Gasteiger partial charge in [0, 0.05) is 36.9 Å². The fourth-order valence-electron chi connectivity index (χ4n) is 2.43. The molecule has 0 aliphatic carbocycles. The number of unbranched alkanes of at least 4 members (excludes halogenated alkanes) is 1. The van der Waals surface area contributed by atoms with Crippen LogP contribution in [0.4, 0.5) is 5.69 Å². The van der Waals surface area contributed by atoms with Crippen molar-refractivity contribution in [1.29, 1.82) is 0 Å². The number of halogens is 1. The number of sulfonamides is 1. The normalized spacial score (nSPS) is 17.1. The molecule has 1 fully saturated rings. The summed E-state index contributed by atoms with van der Waals surface area (Å²) in [6.45, 7) is 3.02. The summed E-state index contributed by atoms with van der Waals surface area (Å²) in [7, 11) is -3.14. The Hall–Kier alpha value is -0.820. The van der Waals surface area contributed by atoms with Gasteiger partial charge in [-0.05, 0) is 43.7 Å². The van der Waals surface area contributed by atoms with Crippen LogP contribution in [-0.4, -0.2) is 51.2 Å². The minimum Gasteiger partial charge on any atom is -0.369 e. The Bertz CT molecular complexity index is 540. The average Bonchev–Trinajstić information content (AvgIpc) is 2.48. The van der Waals surface area contributed by atoms with Gasteiger partial charge in [-0.25, -0.2) is 8.42 Å². The molecule has 1 aromatic rings. The molecule has 2 rings (SSSR count). The van der Waals surface area contributed by atoms with Crippen LogP contribution in [0, 0.1) is 0 Å². The van der Waals surface area contributed by atoms with Crippen molar-refractivity contribution in [2.24, 2.45) is 5.73 Å². The monoisotopic (exact) mass is 331 g/mol. The van der Waals surface area contributed by atoms with E-state index in [1.165, 1.54) is 0 Å². The molecule has 5 nitrogen and oxygen atoms in total. The van der Waals surface area contributed by atoms with E-state index in [1.54, 1.807) is 4.31 Å². The predicted molar refractivity (Wildman–Crippen MR) is 87.3 cm³/mol. The van der Waals surface area contributed by atoms with Crippen molar-refractivity contribution in [2.45, 2.75) is 12.8 Å². The Labute approximate surface area is 131 Å². The number of hydrogen-bond donors (Lipinski definition) is 1. The third kappa shape index (κ3) is 4.57. The summed E-state index contributed by atoms with van der Waals surface area (Å²) in [6.07, 6.45) is 1.39. The van der Waals surface area contributed by atoms with Crippen LogP contribution in [-0.2, 0) is 10.0 Å². The van der Waals surface area contributed by atoms with E-state index in [4.69, 9.17) is 17.3 Å². The largest absolute Gasteiger partial charge is 0.369 e. The summed E-state index contributed by atoms with van der Waals surface area (Å²) in [5.41, 5.74) is 6.49. The SMILES string of the molecule is NCCCCS(=O)(=O)N1CCN(c2ccc(Cl)cc2)CC1. The first-order valence-electron chi connectivity index (χ1n) is 7.21. The quantitative estimate of drug-likeness (QED) is 0.803. The predicted octanol–water partition coefficient (Wildman–Crippen LogP) is 1.53. The van der Waals surface area contributed by atoms with E-state index in [9.17, 15) is 8.42 Å². The summed E-state index contributed by atoms with van der Waals surface area (Å²) in [4.78, 5) is 2.18. The number of nitrogens with two attached hydrogens (primary N) is 1. The van der Waals surface area contributed by atoms with Crippen LogP contribution in [0.15, 0.2) is 24.3 Å². The molecule has 1 saturated heterocycles. The lowest BCUT2D eigenvalue weighted by Gasteiger charge is -2.35. The highest BCUT2D eigenvalue weighted by molar-refractivity contribution is 7.89. The third-order valence-corrected chi connectivity index (χ3v) is 5.89. The molecule has 2 N–H and O–H groups in total. The van der Waals surface area contributed by atoms with Crippen molar-refractivity contribution >= 4 is 27.3 Å². The summed E-state index contributed by atoms with van der Waals surface area (Å²) in [5, 5.41) is 0.708. The van der Waals surface area contributed by atoms with Gasteiger partial charge in [-0.1, -0.05) is 11.6 Å². The van der Waals surface area contributed by atoms with Crippen LogP contribution < -0.4 is 10.6 Å². The molecular formula is C14H22ClN3O2S. The Morgan fingerprint density at radius 3 is 2.24 bits per heavy atom.